The standard InChI is InChI=1S/C23H29FN4O2/c1-14(2)23(30)28-11-7-8-17(13-28)22-25-15(3)18(16(4)26-22)12-21(29)27-20-10-6-5-9-19(20)24/h5-6,9-10,14,17H,7-8,11-13H2,1-4H3,(H,27,29). The fourth-order valence-electron chi connectivity index (χ4n) is 3.87. The summed E-state index contributed by atoms with van der Waals surface area (Å²) in [5.74, 6) is 0.181. The number of piperidine rings is 1. The molecule has 0 aliphatic carbocycles. The number of rotatable bonds is 5. The Morgan fingerprint density at radius 3 is 2.50 bits per heavy atom. The van der Waals surface area contributed by atoms with Gasteiger partial charge in [0.1, 0.15) is 11.6 Å². The van der Waals surface area contributed by atoms with Gasteiger partial charge >= 0.3 is 0 Å². The molecule has 1 fully saturated rings. The van der Waals surface area contributed by atoms with E-state index in [4.69, 9.17) is 0 Å². The van der Waals surface area contributed by atoms with E-state index >= 15 is 0 Å². The number of para-hydroxylation sites is 1. The molecule has 1 atom stereocenters. The molecule has 2 aromatic rings. The minimum absolute atomic E-state index is 0.0246. The minimum Gasteiger partial charge on any atom is -0.342 e. The van der Waals surface area contributed by atoms with Gasteiger partial charge in [-0.25, -0.2) is 14.4 Å². The lowest BCUT2D eigenvalue weighted by atomic mass is 9.95. The highest BCUT2D eigenvalue weighted by Gasteiger charge is 2.28. The van der Waals surface area contributed by atoms with Crippen molar-refractivity contribution in [3.63, 3.8) is 0 Å². The van der Waals surface area contributed by atoms with E-state index in [2.05, 4.69) is 15.3 Å². The molecule has 1 aromatic carbocycles. The van der Waals surface area contributed by atoms with E-state index in [1.54, 1.807) is 12.1 Å². The van der Waals surface area contributed by atoms with Crippen molar-refractivity contribution in [1.29, 1.82) is 0 Å². The third-order valence-corrected chi connectivity index (χ3v) is 5.52. The molecule has 0 bridgehead atoms. The van der Waals surface area contributed by atoms with Crippen molar-refractivity contribution in [1.82, 2.24) is 14.9 Å². The Kier molecular flexibility index (Phi) is 6.80. The summed E-state index contributed by atoms with van der Waals surface area (Å²) >= 11 is 0. The number of nitrogens with zero attached hydrogens (tertiary/aromatic N) is 3. The van der Waals surface area contributed by atoms with Crippen LogP contribution in [0.15, 0.2) is 24.3 Å². The molecule has 2 amide bonds. The van der Waals surface area contributed by atoms with Gasteiger partial charge in [0.25, 0.3) is 0 Å². The van der Waals surface area contributed by atoms with E-state index in [-0.39, 0.29) is 35.8 Å². The second-order valence-corrected chi connectivity index (χ2v) is 8.21. The number of aryl methyl sites for hydroxylation is 2. The topological polar surface area (TPSA) is 75.2 Å². The first-order valence-electron chi connectivity index (χ1n) is 10.4. The monoisotopic (exact) mass is 412 g/mol. The number of likely N-dealkylation sites (tertiary alicyclic amines) is 1. The molecule has 2 heterocycles. The molecule has 30 heavy (non-hydrogen) atoms. The van der Waals surface area contributed by atoms with Crippen LogP contribution in [0.4, 0.5) is 10.1 Å². The van der Waals surface area contributed by atoms with Crippen LogP contribution in [-0.2, 0) is 16.0 Å². The quantitative estimate of drug-likeness (QED) is 0.811. The van der Waals surface area contributed by atoms with Crippen molar-refractivity contribution in [2.75, 3.05) is 18.4 Å². The largest absolute Gasteiger partial charge is 0.342 e. The summed E-state index contributed by atoms with van der Waals surface area (Å²) in [5, 5.41) is 2.61. The van der Waals surface area contributed by atoms with Crippen LogP contribution in [0.3, 0.4) is 0 Å². The maximum Gasteiger partial charge on any atom is 0.229 e. The predicted molar refractivity (Wildman–Crippen MR) is 114 cm³/mol. The summed E-state index contributed by atoms with van der Waals surface area (Å²) in [4.78, 5) is 36.0. The number of amides is 2. The molecular weight excluding hydrogens is 383 g/mol. The number of benzene rings is 1. The van der Waals surface area contributed by atoms with Crippen LogP contribution in [0.25, 0.3) is 0 Å². The number of hydrogen-bond donors (Lipinski definition) is 1. The fourth-order valence-corrected chi connectivity index (χ4v) is 3.87. The van der Waals surface area contributed by atoms with E-state index in [0.717, 1.165) is 42.2 Å². The summed E-state index contributed by atoms with van der Waals surface area (Å²) in [7, 11) is 0. The first kappa shape index (κ1) is 21.9. The van der Waals surface area contributed by atoms with Crippen LogP contribution in [-0.4, -0.2) is 39.8 Å². The van der Waals surface area contributed by atoms with Crippen LogP contribution < -0.4 is 5.32 Å². The van der Waals surface area contributed by atoms with E-state index in [0.29, 0.717) is 6.54 Å². The first-order valence-corrected chi connectivity index (χ1v) is 10.4. The summed E-state index contributed by atoms with van der Waals surface area (Å²) < 4.78 is 13.8. The summed E-state index contributed by atoms with van der Waals surface area (Å²) in [5.41, 5.74) is 2.40. The average Bonchev–Trinajstić information content (AvgIpc) is 2.71. The maximum absolute atomic E-state index is 13.8. The first-order chi connectivity index (χ1) is 14.3. The molecule has 0 spiro atoms. The molecule has 6 nitrogen and oxygen atoms in total. The van der Waals surface area contributed by atoms with Crippen molar-refractivity contribution in [3.8, 4) is 0 Å². The number of carbonyl (C=O) groups is 2. The summed E-state index contributed by atoms with van der Waals surface area (Å²) in [6.07, 6.45) is 1.94. The van der Waals surface area contributed by atoms with E-state index in [1.807, 2.05) is 32.6 Å². The van der Waals surface area contributed by atoms with Gasteiger partial charge in [-0.2, -0.15) is 0 Å². The van der Waals surface area contributed by atoms with Crippen LogP contribution in [0.1, 0.15) is 55.4 Å². The fraction of sp³-hybridized carbons (Fsp3) is 0.478. The molecule has 1 aliphatic rings. The zero-order valence-corrected chi connectivity index (χ0v) is 18.0. The van der Waals surface area contributed by atoms with Gasteiger partial charge in [-0.15, -0.1) is 0 Å². The second-order valence-electron chi connectivity index (χ2n) is 8.21. The lowest BCUT2D eigenvalue weighted by molar-refractivity contribution is -0.135. The number of carbonyl (C=O) groups excluding carboxylic acids is 2. The van der Waals surface area contributed by atoms with Crippen molar-refractivity contribution in [2.45, 2.75) is 52.9 Å². The third kappa shape index (κ3) is 5.01. The van der Waals surface area contributed by atoms with Crippen molar-refractivity contribution in [2.24, 2.45) is 5.92 Å². The molecule has 1 unspecified atom stereocenters. The van der Waals surface area contributed by atoms with Gasteiger partial charge in [0.05, 0.1) is 12.1 Å². The Hall–Kier alpha value is -2.83. The van der Waals surface area contributed by atoms with E-state index in [9.17, 15) is 14.0 Å². The van der Waals surface area contributed by atoms with Gasteiger partial charge in [-0.1, -0.05) is 26.0 Å². The molecule has 1 aliphatic heterocycles. The highest BCUT2D eigenvalue weighted by atomic mass is 19.1. The predicted octanol–water partition coefficient (Wildman–Crippen LogP) is 3.78. The lowest BCUT2D eigenvalue weighted by Crippen LogP contribution is -2.41. The van der Waals surface area contributed by atoms with Crippen LogP contribution >= 0.6 is 0 Å². The van der Waals surface area contributed by atoms with Gasteiger partial charge < -0.3 is 10.2 Å². The average molecular weight is 413 g/mol. The zero-order chi connectivity index (χ0) is 21.8. The SMILES string of the molecule is Cc1nc(C2CCCN(C(=O)C(C)C)C2)nc(C)c1CC(=O)Nc1ccccc1F. The molecule has 1 N–H and O–H groups in total. The lowest BCUT2D eigenvalue weighted by Gasteiger charge is -2.33. The van der Waals surface area contributed by atoms with Gasteiger partial charge in [0.15, 0.2) is 0 Å². The van der Waals surface area contributed by atoms with Crippen molar-refractivity contribution < 1.29 is 14.0 Å². The number of hydrogen-bond acceptors (Lipinski definition) is 4. The number of aromatic nitrogens is 2. The number of nitrogens with one attached hydrogen (secondary N) is 1. The van der Waals surface area contributed by atoms with E-state index < -0.39 is 5.82 Å². The Morgan fingerprint density at radius 2 is 1.87 bits per heavy atom. The van der Waals surface area contributed by atoms with Gasteiger partial charge in [-0.05, 0) is 38.8 Å². The van der Waals surface area contributed by atoms with Crippen LogP contribution in [0.2, 0.25) is 0 Å². The third-order valence-electron chi connectivity index (χ3n) is 5.52. The molecule has 160 valence electrons. The Labute approximate surface area is 176 Å². The Bertz CT molecular complexity index is 922. The normalized spacial score (nSPS) is 16.6. The number of anilines is 1. The summed E-state index contributed by atoms with van der Waals surface area (Å²) in [6, 6.07) is 6.08. The Morgan fingerprint density at radius 1 is 1.20 bits per heavy atom. The second kappa shape index (κ2) is 9.32. The Balaban J connectivity index is 1.73. The molecule has 0 saturated carbocycles. The van der Waals surface area contributed by atoms with Crippen molar-refractivity contribution in [3.05, 3.63) is 52.9 Å². The summed E-state index contributed by atoms with van der Waals surface area (Å²) in [6.45, 7) is 8.96. The molecule has 0 radical (unpaired) electrons. The van der Waals surface area contributed by atoms with Gasteiger partial charge in [0.2, 0.25) is 11.8 Å². The zero-order valence-electron chi connectivity index (χ0n) is 18.0. The molecule has 7 heteroatoms. The van der Waals surface area contributed by atoms with Crippen molar-refractivity contribution >= 4 is 17.5 Å². The molecule has 1 saturated heterocycles. The smallest absolute Gasteiger partial charge is 0.229 e. The van der Waals surface area contributed by atoms with Gasteiger partial charge in [-0.3, -0.25) is 9.59 Å². The molecule has 1 aromatic heterocycles. The van der Waals surface area contributed by atoms with E-state index in [1.165, 1.54) is 12.1 Å². The molecule has 3 rings (SSSR count). The van der Waals surface area contributed by atoms with Gasteiger partial charge in [0, 0.05) is 41.9 Å². The number of halogens is 1. The van der Waals surface area contributed by atoms with Crippen LogP contribution in [0.5, 0.6) is 0 Å². The minimum atomic E-state index is -0.469. The maximum atomic E-state index is 13.8. The highest BCUT2D eigenvalue weighted by molar-refractivity contribution is 5.92. The highest BCUT2D eigenvalue weighted by Crippen LogP contribution is 2.27. The van der Waals surface area contributed by atoms with Crippen LogP contribution in [0, 0.1) is 25.6 Å². The molecular formula is C23H29FN4O2.